The predicted molar refractivity (Wildman–Crippen MR) is 173 cm³/mol. The lowest BCUT2D eigenvalue weighted by molar-refractivity contribution is 0.0186. The second-order valence-corrected chi connectivity index (χ2v) is 13.0. The molecule has 2 amide bonds. The minimum absolute atomic E-state index is 0.0615. The Balaban J connectivity index is 1.22. The molecule has 2 heterocycles. The van der Waals surface area contributed by atoms with Gasteiger partial charge in [0.2, 0.25) is 0 Å². The number of likely N-dealkylation sites (tertiary alicyclic amines) is 1. The number of aromatic nitrogens is 2. The second-order valence-electron chi connectivity index (χ2n) is 13.0. The molecular formula is C36H40N4O5. The maximum Gasteiger partial charge on any atom is 0.410 e. The van der Waals surface area contributed by atoms with E-state index in [-0.39, 0.29) is 30.2 Å². The Morgan fingerprint density at radius 2 is 1.58 bits per heavy atom. The van der Waals surface area contributed by atoms with Crippen molar-refractivity contribution in [1.82, 2.24) is 19.8 Å². The lowest BCUT2D eigenvalue weighted by Crippen LogP contribution is -2.44. The number of carbonyl (C=O) groups excluding carboxylic acids is 2. The van der Waals surface area contributed by atoms with E-state index in [9.17, 15) is 14.4 Å². The van der Waals surface area contributed by atoms with Crippen molar-refractivity contribution in [1.29, 1.82) is 0 Å². The van der Waals surface area contributed by atoms with Crippen molar-refractivity contribution in [3.8, 4) is 11.1 Å². The Bertz CT molecular complexity index is 1770. The van der Waals surface area contributed by atoms with Crippen molar-refractivity contribution < 1.29 is 19.1 Å². The maximum atomic E-state index is 14.1. The number of ether oxygens (including phenoxy) is 2. The number of hydrogen-bond donors (Lipinski definition) is 1. The van der Waals surface area contributed by atoms with Gasteiger partial charge in [0.15, 0.2) is 0 Å². The van der Waals surface area contributed by atoms with E-state index in [1.165, 1.54) is 0 Å². The summed E-state index contributed by atoms with van der Waals surface area (Å²) in [6, 6.07) is 21.2. The minimum atomic E-state index is -0.609. The molecule has 234 valence electrons. The first kappa shape index (κ1) is 30.4. The molecule has 0 bridgehead atoms. The first-order chi connectivity index (χ1) is 21.5. The monoisotopic (exact) mass is 608 g/mol. The minimum Gasteiger partial charge on any atom is -0.449 e. The van der Waals surface area contributed by atoms with E-state index in [4.69, 9.17) is 14.5 Å². The van der Waals surface area contributed by atoms with Crippen LogP contribution in [0.2, 0.25) is 0 Å². The van der Waals surface area contributed by atoms with Crippen molar-refractivity contribution in [2.45, 2.75) is 71.1 Å². The Kier molecular flexibility index (Phi) is 8.12. The van der Waals surface area contributed by atoms with Gasteiger partial charge in [-0.2, -0.15) is 0 Å². The Morgan fingerprint density at radius 3 is 2.20 bits per heavy atom. The van der Waals surface area contributed by atoms with Crippen LogP contribution in [0, 0.1) is 6.92 Å². The van der Waals surface area contributed by atoms with Crippen LogP contribution in [0.1, 0.15) is 81.1 Å². The highest BCUT2D eigenvalue weighted by Gasteiger charge is 2.32. The summed E-state index contributed by atoms with van der Waals surface area (Å²) in [5.74, 6) is 0.399. The molecule has 0 spiro atoms. The van der Waals surface area contributed by atoms with E-state index >= 15 is 0 Å². The number of fused-ring (bicyclic) bond motifs is 4. The van der Waals surface area contributed by atoms with Gasteiger partial charge in [0, 0.05) is 25.0 Å². The van der Waals surface area contributed by atoms with Gasteiger partial charge in [0.05, 0.1) is 16.9 Å². The number of benzene rings is 3. The van der Waals surface area contributed by atoms with Crippen molar-refractivity contribution in [3.63, 3.8) is 0 Å². The molecule has 1 fully saturated rings. The van der Waals surface area contributed by atoms with Crippen LogP contribution in [0.15, 0.2) is 71.5 Å². The van der Waals surface area contributed by atoms with Crippen LogP contribution < -0.4 is 10.9 Å². The normalized spacial score (nSPS) is 15.8. The summed E-state index contributed by atoms with van der Waals surface area (Å²) in [5, 5.41) is 3.50. The summed E-state index contributed by atoms with van der Waals surface area (Å²) in [4.78, 5) is 46.6. The van der Waals surface area contributed by atoms with Crippen LogP contribution in [-0.2, 0) is 9.47 Å². The summed E-state index contributed by atoms with van der Waals surface area (Å²) in [6.07, 6.45) is 0.187. The van der Waals surface area contributed by atoms with Gasteiger partial charge >= 0.3 is 12.2 Å². The molecule has 1 atom stereocenters. The number of hydrogen-bond acceptors (Lipinski definition) is 6. The van der Waals surface area contributed by atoms with Crippen LogP contribution in [-0.4, -0.2) is 51.9 Å². The molecule has 45 heavy (non-hydrogen) atoms. The third-order valence-corrected chi connectivity index (χ3v) is 8.71. The number of nitrogens with one attached hydrogen (secondary N) is 1. The quantitative estimate of drug-likeness (QED) is 0.265. The van der Waals surface area contributed by atoms with Gasteiger partial charge in [0.1, 0.15) is 18.0 Å². The lowest BCUT2D eigenvalue weighted by atomic mass is 9.98. The average molecular weight is 609 g/mol. The van der Waals surface area contributed by atoms with Crippen molar-refractivity contribution >= 4 is 23.1 Å². The lowest BCUT2D eigenvalue weighted by Gasteiger charge is -2.35. The maximum absolute atomic E-state index is 14.1. The first-order valence-corrected chi connectivity index (χ1v) is 15.6. The van der Waals surface area contributed by atoms with Crippen molar-refractivity contribution in [2.75, 3.05) is 19.7 Å². The molecule has 1 aliphatic carbocycles. The predicted octanol–water partition coefficient (Wildman–Crippen LogP) is 6.88. The average Bonchev–Trinajstić information content (AvgIpc) is 3.32. The van der Waals surface area contributed by atoms with Gasteiger partial charge in [-0.05, 0) is 81.3 Å². The van der Waals surface area contributed by atoms with E-state index in [2.05, 4.69) is 29.6 Å². The topological polar surface area (TPSA) is 103 Å². The van der Waals surface area contributed by atoms with Crippen LogP contribution in [0.3, 0.4) is 0 Å². The fourth-order valence-corrected chi connectivity index (χ4v) is 6.60. The van der Waals surface area contributed by atoms with E-state index in [0.29, 0.717) is 42.7 Å². The number of rotatable bonds is 5. The highest BCUT2D eigenvalue weighted by Crippen LogP contribution is 2.44. The Morgan fingerprint density at radius 1 is 0.956 bits per heavy atom. The molecule has 1 saturated heterocycles. The fraction of sp³-hybridized carbons (Fsp3) is 0.389. The molecule has 0 radical (unpaired) electrons. The van der Waals surface area contributed by atoms with E-state index in [0.717, 1.165) is 27.8 Å². The molecule has 6 rings (SSSR count). The third-order valence-electron chi connectivity index (χ3n) is 8.71. The largest absolute Gasteiger partial charge is 0.449 e. The van der Waals surface area contributed by atoms with Gasteiger partial charge in [-0.15, -0.1) is 0 Å². The Hall–Kier alpha value is -4.66. The van der Waals surface area contributed by atoms with E-state index in [1.807, 2.05) is 77.1 Å². The van der Waals surface area contributed by atoms with Crippen LogP contribution in [0.5, 0.6) is 0 Å². The first-order valence-electron chi connectivity index (χ1n) is 15.6. The zero-order valence-electron chi connectivity index (χ0n) is 26.5. The standard InChI is InChI=1S/C36H40N4O5/c1-22-11-10-16-30-31(22)33(41)40(24-17-19-39(20-18-24)35(43)45-36(3,4)5)32(38-30)23(2)37-34(42)44-21-29-27-14-8-6-12-25(27)26-13-7-9-15-28(26)29/h6-16,23-24,29H,17-21H2,1-5H3,(H,37,42). The molecule has 1 unspecified atom stereocenters. The number of amides is 2. The third kappa shape index (κ3) is 6.03. The summed E-state index contributed by atoms with van der Waals surface area (Å²) >= 11 is 0. The van der Waals surface area contributed by atoms with Gasteiger partial charge in [-0.1, -0.05) is 60.7 Å². The van der Waals surface area contributed by atoms with Gasteiger partial charge in [-0.3, -0.25) is 9.36 Å². The molecule has 3 aromatic carbocycles. The van der Waals surface area contributed by atoms with Gasteiger partial charge in [-0.25, -0.2) is 14.6 Å². The van der Waals surface area contributed by atoms with Crippen LogP contribution in [0.4, 0.5) is 9.59 Å². The number of aryl methyl sites for hydroxylation is 1. The highest BCUT2D eigenvalue weighted by molar-refractivity contribution is 5.81. The summed E-state index contributed by atoms with van der Waals surface area (Å²) < 4.78 is 13.1. The zero-order valence-corrected chi connectivity index (χ0v) is 26.5. The zero-order chi connectivity index (χ0) is 31.9. The smallest absolute Gasteiger partial charge is 0.410 e. The molecule has 1 aromatic heterocycles. The van der Waals surface area contributed by atoms with Crippen LogP contribution >= 0.6 is 0 Å². The number of piperidine rings is 1. The summed E-state index contributed by atoms with van der Waals surface area (Å²) in [7, 11) is 0. The molecule has 1 N–H and O–H groups in total. The number of alkyl carbamates (subject to hydrolysis) is 1. The summed E-state index contributed by atoms with van der Waals surface area (Å²) in [5.41, 5.74) is 5.28. The fourth-order valence-electron chi connectivity index (χ4n) is 6.60. The molecule has 4 aromatic rings. The molecule has 9 nitrogen and oxygen atoms in total. The van der Waals surface area contributed by atoms with E-state index in [1.54, 1.807) is 9.47 Å². The van der Waals surface area contributed by atoms with Gasteiger partial charge in [0.25, 0.3) is 5.56 Å². The number of nitrogens with zero attached hydrogens (tertiary/aromatic N) is 3. The second kappa shape index (κ2) is 12.0. The van der Waals surface area contributed by atoms with E-state index < -0.39 is 17.7 Å². The van der Waals surface area contributed by atoms with Gasteiger partial charge < -0.3 is 19.7 Å². The molecular weight excluding hydrogens is 568 g/mol. The van der Waals surface area contributed by atoms with Crippen molar-refractivity contribution in [3.05, 3.63) is 99.6 Å². The van der Waals surface area contributed by atoms with Crippen molar-refractivity contribution in [2.24, 2.45) is 0 Å². The number of carbonyl (C=O) groups is 2. The molecule has 0 saturated carbocycles. The SMILES string of the molecule is Cc1cccc2nc(C(C)NC(=O)OCC3c4ccccc4-c4ccccc43)n(C3CCN(C(=O)OC(C)(C)C)CC3)c(=O)c12. The molecule has 2 aliphatic rings. The molecule has 1 aliphatic heterocycles. The molecule has 9 heteroatoms. The highest BCUT2D eigenvalue weighted by atomic mass is 16.6. The van der Waals surface area contributed by atoms with Crippen LogP contribution in [0.25, 0.3) is 22.0 Å². The Labute approximate surface area is 263 Å². The summed E-state index contributed by atoms with van der Waals surface area (Å²) in [6.45, 7) is 10.3.